The highest BCUT2D eigenvalue weighted by Gasteiger charge is 2.17. The molecule has 5 heteroatoms. The van der Waals surface area contributed by atoms with Gasteiger partial charge in [0, 0.05) is 10.5 Å². The van der Waals surface area contributed by atoms with Crippen molar-refractivity contribution in [2.45, 2.75) is 33.2 Å². The summed E-state index contributed by atoms with van der Waals surface area (Å²) in [6, 6.07) is 2.61. The summed E-state index contributed by atoms with van der Waals surface area (Å²) >= 11 is 3.17. The topological polar surface area (TPSA) is 55.1 Å². The molecule has 0 fully saturated rings. The highest BCUT2D eigenvalue weighted by atomic mass is 79.9. The Morgan fingerprint density at radius 1 is 1.50 bits per heavy atom. The molecule has 3 nitrogen and oxygen atoms in total. The molecule has 1 aromatic carbocycles. The number of nitrogens with two attached hydrogens (primary N) is 1. The Morgan fingerprint density at radius 3 is 2.67 bits per heavy atom. The Hall–Kier alpha value is -1.10. The average Bonchev–Trinajstić information content (AvgIpc) is 2.32. The highest BCUT2D eigenvalue weighted by molar-refractivity contribution is 9.10. The van der Waals surface area contributed by atoms with E-state index in [0.717, 1.165) is 6.42 Å². The van der Waals surface area contributed by atoms with E-state index in [0.29, 0.717) is 16.0 Å². The number of nitrogens with one attached hydrogen (secondary N) is 1. The Kier molecular flexibility index (Phi) is 5.14. The van der Waals surface area contributed by atoms with Crippen molar-refractivity contribution in [3.8, 4) is 0 Å². The van der Waals surface area contributed by atoms with E-state index >= 15 is 0 Å². The van der Waals surface area contributed by atoms with Gasteiger partial charge in [0.2, 0.25) is 0 Å². The second-order valence-electron chi connectivity index (χ2n) is 4.50. The molecule has 2 unspecified atom stereocenters. The molecule has 0 aliphatic rings. The minimum atomic E-state index is -0.534. The van der Waals surface area contributed by atoms with Gasteiger partial charge >= 0.3 is 0 Å². The lowest BCUT2D eigenvalue weighted by molar-refractivity contribution is 0.0927. The van der Waals surface area contributed by atoms with Gasteiger partial charge in [0.25, 0.3) is 5.91 Å². The fourth-order valence-corrected chi connectivity index (χ4v) is 2.02. The van der Waals surface area contributed by atoms with Gasteiger partial charge in [-0.15, -0.1) is 0 Å². The Bertz CT molecular complexity index is 451. The van der Waals surface area contributed by atoms with Crippen molar-refractivity contribution in [2.24, 2.45) is 5.92 Å². The second-order valence-corrected chi connectivity index (χ2v) is 5.36. The van der Waals surface area contributed by atoms with E-state index in [-0.39, 0.29) is 17.6 Å². The maximum Gasteiger partial charge on any atom is 0.252 e. The van der Waals surface area contributed by atoms with Crippen molar-refractivity contribution in [3.05, 3.63) is 28.0 Å². The zero-order valence-corrected chi connectivity index (χ0v) is 12.3. The van der Waals surface area contributed by atoms with Crippen LogP contribution in [0.5, 0.6) is 0 Å². The minimum Gasteiger partial charge on any atom is -0.396 e. The summed E-state index contributed by atoms with van der Waals surface area (Å²) in [4.78, 5) is 12.0. The maximum atomic E-state index is 13.2. The second kappa shape index (κ2) is 6.18. The molecule has 0 saturated heterocycles. The molecule has 18 heavy (non-hydrogen) atoms. The predicted molar refractivity (Wildman–Crippen MR) is 74.9 cm³/mol. The lowest BCUT2D eigenvalue weighted by atomic mass is 10.0. The number of halogens is 2. The van der Waals surface area contributed by atoms with Crippen LogP contribution in [0.3, 0.4) is 0 Å². The van der Waals surface area contributed by atoms with Crippen molar-refractivity contribution in [1.29, 1.82) is 0 Å². The molecule has 100 valence electrons. The average molecular weight is 317 g/mol. The van der Waals surface area contributed by atoms with E-state index in [1.807, 2.05) is 6.92 Å². The molecule has 0 radical (unpaired) electrons. The molecule has 1 aromatic rings. The van der Waals surface area contributed by atoms with Crippen molar-refractivity contribution in [3.63, 3.8) is 0 Å². The molecule has 3 N–H and O–H groups in total. The number of rotatable bonds is 4. The van der Waals surface area contributed by atoms with Crippen LogP contribution < -0.4 is 11.1 Å². The third kappa shape index (κ3) is 3.45. The van der Waals surface area contributed by atoms with Crippen molar-refractivity contribution in [2.75, 3.05) is 5.73 Å². The monoisotopic (exact) mass is 316 g/mol. The number of anilines is 1. The first-order valence-electron chi connectivity index (χ1n) is 5.92. The number of benzene rings is 1. The van der Waals surface area contributed by atoms with E-state index in [2.05, 4.69) is 35.1 Å². The fraction of sp³-hybridized carbons (Fsp3) is 0.462. The van der Waals surface area contributed by atoms with Crippen LogP contribution in [0.4, 0.5) is 10.1 Å². The normalized spacial score (nSPS) is 14.1. The first-order valence-corrected chi connectivity index (χ1v) is 6.71. The van der Waals surface area contributed by atoms with Crippen LogP contribution in [0.15, 0.2) is 16.6 Å². The van der Waals surface area contributed by atoms with Gasteiger partial charge in [-0.1, -0.05) is 20.3 Å². The molecular weight excluding hydrogens is 299 g/mol. The summed E-state index contributed by atoms with van der Waals surface area (Å²) in [7, 11) is 0. The molecule has 0 aliphatic carbocycles. The van der Waals surface area contributed by atoms with Crippen molar-refractivity contribution >= 4 is 27.5 Å². The van der Waals surface area contributed by atoms with Gasteiger partial charge in [-0.25, -0.2) is 4.39 Å². The summed E-state index contributed by atoms with van der Waals surface area (Å²) in [5.41, 5.74) is 5.79. The number of hydrogen-bond acceptors (Lipinski definition) is 2. The molecule has 0 bridgehead atoms. The zero-order valence-electron chi connectivity index (χ0n) is 10.8. The van der Waals surface area contributed by atoms with E-state index in [1.165, 1.54) is 12.1 Å². The molecular formula is C13H18BrFN2O. The van der Waals surface area contributed by atoms with Gasteiger partial charge in [-0.2, -0.15) is 0 Å². The highest BCUT2D eigenvalue weighted by Crippen LogP contribution is 2.23. The van der Waals surface area contributed by atoms with Crippen LogP contribution in [0.1, 0.15) is 37.6 Å². The van der Waals surface area contributed by atoms with Crippen LogP contribution in [0.25, 0.3) is 0 Å². The largest absolute Gasteiger partial charge is 0.396 e. The van der Waals surface area contributed by atoms with Crippen molar-refractivity contribution < 1.29 is 9.18 Å². The first kappa shape index (κ1) is 15.0. The van der Waals surface area contributed by atoms with E-state index < -0.39 is 5.82 Å². The van der Waals surface area contributed by atoms with Gasteiger partial charge in [-0.3, -0.25) is 4.79 Å². The van der Waals surface area contributed by atoms with Crippen LogP contribution in [0.2, 0.25) is 0 Å². The number of carbonyl (C=O) groups is 1. The van der Waals surface area contributed by atoms with Gasteiger partial charge in [-0.05, 0) is 40.9 Å². The SMILES string of the molecule is CCC(C)C(C)NC(=O)c1cc(N)c(F)cc1Br. The Balaban J connectivity index is 2.88. The lowest BCUT2D eigenvalue weighted by Crippen LogP contribution is -2.37. The van der Waals surface area contributed by atoms with Crippen LogP contribution >= 0.6 is 15.9 Å². The molecule has 0 heterocycles. The quantitative estimate of drug-likeness (QED) is 0.837. The lowest BCUT2D eigenvalue weighted by Gasteiger charge is -2.20. The zero-order chi connectivity index (χ0) is 13.9. The van der Waals surface area contributed by atoms with E-state index in [9.17, 15) is 9.18 Å². The van der Waals surface area contributed by atoms with Gasteiger partial charge in [0.05, 0.1) is 11.3 Å². The molecule has 0 spiro atoms. The third-order valence-corrected chi connectivity index (χ3v) is 3.84. The van der Waals surface area contributed by atoms with E-state index in [1.54, 1.807) is 0 Å². The number of carbonyl (C=O) groups excluding carboxylic acids is 1. The summed E-state index contributed by atoms with van der Waals surface area (Å²) in [6.07, 6.45) is 0.980. The smallest absolute Gasteiger partial charge is 0.252 e. The fourth-order valence-electron chi connectivity index (χ4n) is 1.52. The van der Waals surface area contributed by atoms with Crippen LogP contribution in [0, 0.1) is 11.7 Å². The third-order valence-electron chi connectivity index (χ3n) is 3.19. The van der Waals surface area contributed by atoms with Crippen LogP contribution in [-0.4, -0.2) is 11.9 Å². The molecule has 0 aliphatic heterocycles. The number of hydrogen-bond donors (Lipinski definition) is 2. The number of amides is 1. The summed E-state index contributed by atoms with van der Waals surface area (Å²) in [5, 5.41) is 2.89. The molecule has 1 amide bonds. The summed E-state index contributed by atoms with van der Waals surface area (Å²) in [5.74, 6) is -0.403. The first-order chi connectivity index (χ1) is 8.36. The Labute approximate surface area is 115 Å². The predicted octanol–water partition coefficient (Wildman–Crippen LogP) is 3.33. The summed E-state index contributed by atoms with van der Waals surface area (Å²) < 4.78 is 13.6. The van der Waals surface area contributed by atoms with E-state index in [4.69, 9.17) is 5.73 Å². The Morgan fingerprint density at radius 2 is 2.11 bits per heavy atom. The molecule has 2 atom stereocenters. The van der Waals surface area contributed by atoms with Gasteiger partial charge in [0.1, 0.15) is 5.82 Å². The van der Waals surface area contributed by atoms with Crippen LogP contribution in [-0.2, 0) is 0 Å². The van der Waals surface area contributed by atoms with Gasteiger partial charge in [0.15, 0.2) is 0 Å². The summed E-state index contributed by atoms with van der Waals surface area (Å²) in [6.45, 7) is 6.09. The molecule has 1 rings (SSSR count). The molecule has 0 aromatic heterocycles. The van der Waals surface area contributed by atoms with Crippen molar-refractivity contribution in [1.82, 2.24) is 5.32 Å². The maximum absolute atomic E-state index is 13.2. The standard InChI is InChI=1S/C13H18BrFN2O/c1-4-7(2)8(3)17-13(18)9-5-12(16)11(15)6-10(9)14/h5-8H,4,16H2,1-3H3,(H,17,18). The van der Waals surface area contributed by atoms with Gasteiger partial charge < -0.3 is 11.1 Å². The molecule has 0 saturated carbocycles. The number of nitrogen functional groups attached to an aromatic ring is 1. The minimum absolute atomic E-state index is 0.0282.